The number of hydrogen-bond acceptors (Lipinski definition) is 7. The number of benzene rings is 1. The highest BCUT2D eigenvalue weighted by Crippen LogP contribution is 2.31. The van der Waals surface area contributed by atoms with Crippen LogP contribution in [0.25, 0.3) is 10.2 Å². The molecule has 0 aliphatic carbocycles. The molecule has 0 spiro atoms. The Balaban J connectivity index is 1.55. The molecule has 2 fully saturated rings. The molecular formula is C19H21BrN4O4S. The van der Waals surface area contributed by atoms with E-state index in [1.165, 1.54) is 11.3 Å². The smallest absolute Gasteiger partial charge is 0.248 e. The first-order valence-corrected chi connectivity index (χ1v) is 11.1. The fraction of sp³-hybridized carbons (Fsp3) is 0.474. The number of carbonyl (C=O) groups is 3. The predicted octanol–water partition coefficient (Wildman–Crippen LogP) is 1.87. The van der Waals surface area contributed by atoms with Crippen LogP contribution >= 0.6 is 27.3 Å². The minimum absolute atomic E-state index is 0.176. The Morgan fingerprint density at radius 2 is 1.93 bits per heavy atom. The SMILES string of the molecule is O=C1CCC(=O)N1CC(=O)N(CCN1CCOCC1)c1nc2ccc(Br)cc2s1. The Morgan fingerprint density at radius 1 is 1.21 bits per heavy atom. The zero-order chi connectivity index (χ0) is 20.4. The van der Waals surface area contributed by atoms with Gasteiger partial charge in [0.25, 0.3) is 0 Å². The zero-order valence-corrected chi connectivity index (χ0v) is 18.2. The maximum atomic E-state index is 13.1. The normalized spacial score (nSPS) is 18.0. The van der Waals surface area contributed by atoms with E-state index in [9.17, 15) is 14.4 Å². The third kappa shape index (κ3) is 4.66. The molecule has 1 aromatic carbocycles. The second kappa shape index (κ2) is 8.86. The van der Waals surface area contributed by atoms with E-state index < -0.39 is 0 Å². The highest BCUT2D eigenvalue weighted by atomic mass is 79.9. The molecule has 0 radical (unpaired) electrons. The number of hydrogen-bond donors (Lipinski definition) is 0. The molecule has 2 aliphatic rings. The average Bonchev–Trinajstić information content (AvgIpc) is 3.26. The third-order valence-corrected chi connectivity index (χ3v) is 6.60. The van der Waals surface area contributed by atoms with Crippen molar-refractivity contribution in [2.24, 2.45) is 0 Å². The number of anilines is 1. The number of imide groups is 1. The fourth-order valence-electron chi connectivity index (χ4n) is 3.41. The summed E-state index contributed by atoms with van der Waals surface area (Å²) in [5.41, 5.74) is 0.811. The molecule has 0 unspecified atom stereocenters. The molecule has 10 heteroatoms. The third-order valence-electron chi connectivity index (χ3n) is 5.06. The van der Waals surface area contributed by atoms with Gasteiger partial charge in [0.05, 0.1) is 23.4 Å². The topological polar surface area (TPSA) is 83.1 Å². The number of likely N-dealkylation sites (tertiary alicyclic amines) is 1. The van der Waals surface area contributed by atoms with Crippen molar-refractivity contribution in [1.29, 1.82) is 0 Å². The van der Waals surface area contributed by atoms with Crippen LogP contribution in [0.1, 0.15) is 12.8 Å². The Morgan fingerprint density at radius 3 is 2.66 bits per heavy atom. The minimum atomic E-state index is -0.292. The zero-order valence-electron chi connectivity index (χ0n) is 15.8. The van der Waals surface area contributed by atoms with E-state index in [2.05, 4.69) is 25.8 Å². The van der Waals surface area contributed by atoms with Crippen LogP contribution in [0.3, 0.4) is 0 Å². The van der Waals surface area contributed by atoms with E-state index in [1.807, 2.05) is 18.2 Å². The number of ether oxygens (including phenoxy) is 1. The predicted molar refractivity (Wildman–Crippen MR) is 113 cm³/mol. The fourth-order valence-corrected chi connectivity index (χ4v) is 4.98. The van der Waals surface area contributed by atoms with E-state index in [-0.39, 0.29) is 37.1 Å². The first-order chi connectivity index (χ1) is 14.0. The lowest BCUT2D eigenvalue weighted by Crippen LogP contribution is -2.47. The summed E-state index contributed by atoms with van der Waals surface area (Å²) in [6.45, 7) is 3.88. The van der Waals surface area contributed by atoms with Gasteiger partial charge < -0.3 is 4.74 Å². The van der Waals surface area contributed by atoms with Crippen molar-refractivity contribution in [3.05, 3.63) is 22.7 Å². The standard InChI is InChI=1S/C19H21BrN4O4S/c20-13-1-2-14-15(11-13)29-19(21-14)23(6-5-22-7-9-28-10-8-22)18(27)12-24-16(25)3-4-17(24)26/h1-2,11H,3-10,12H2. The lowest BCUT2D eigenvalue weighted by molar-refractivity contribution is -0.141. The number of thiazole rings is 1. The van der Waals surface area contributed by atoms with Crippen molar-refractivity contribution in [2.75, 3.05) is 50.8 Å². The first-order valence-electron chi connectivity index (χ1n) is 9.51. The summed E-state index contributed by atoms with van der Waals surface area (Å²) in [6, 6.07) is 5.78. The van der Waals surface area contributed by atoms with E-state index in [4.69, 9.17) is 4.74 Å². The van der Waals surface area contributed by atoms with Gasteiger partial charge in [-0.25, -0.2) is 4.98 Å². The van der Waals surface area contributed by atoms with Crippen molar-refractivity contribution in [3.63, 3.8) is 0 Å². The molecule has 29 heavy (non-hydrogen) atoms. The molecule has 2 saturated heterocycles. The van der Waals surface area contributed by atoms with Gasteiger partial charge in [0.15, 0.2) is 5.13 Å². The van der Waals surface area contributed by atoms with Crippen molar-refractivity contribution in [3.8, 4) is 0 Å². The number of fused-ring (bicyclic) bond motifs is 1. The van der Waals surface area contributed by atoms with Gasteiger partial charge in [-0.3, -0.25) is 29.1 Å². The van der Waals surface area contributed by atoms with Crippen molar-refractivity contribution < 1.29 is 19.1 Å². The number of nitrogens with zero attached hydrogens (tertiary/aromatic N) is 4. The van der Waals surface area contributed by atoms with Gasteiger partial charge in [-0.2, -0.15) is 0 Å². The lowest BCUT2D eigenvalue weighted by atomic mass is 10.3. The number of aromatic nitrogens is 1. The molecule has 0 saturated carbocycles. The van der Waals surface area contributed by atoms with Gasteiger partial charge in [0.1, 0.15) is 6.54 Å². The maximum absolute atomic E-state index is 13.1. The van der Waals surface area contributed by atoms with Gasteiger partial charge in [-0.15, -0.1) is 0 Å². The molecule has 4 rings (SSSR count). The largest absolute Gasteiger partial charge is 0.379 e. The van der Waals surface area contributed by atoms with Crippen LogP contribution in [0.2, 0.25) is 0 Å². The maximum Gasteiger partial charge on any atom is 0.248 e. The number of halogens is 1. The van der Waals surface area contributed by atoms with Gasteiger partial charge in [-0.05, 0) is 18.2 Å². The molecule has 2 aliphatic heterocycles. The summed E-state index contributed by atoms with van der Waals surface area (Å²) in [4.78, 5) is 46.5. The summed E-state index contributed by atoms with van der Waals surface area (Å²) in [6.07, 6.45) is 0.351. The minimum Gasteiger partial charge on any atom is -0.379 e. The van der Waals surface area contributed by atoms with Crippen LogP contribution in [0.4, 0.5) is 5.13 Å². The molecular weight excluding hydrogens is 460 g/mol. The van der Waals surface area contributed by atoms with Crippen LogP contribution in [0.5, 0.6) is 0 Å². The van der Waals surface area contributed by atoms with E-state index in [0.717, 1.165) is 32.7 Å². The molecule has 3 heterocycles. The van der Waals surface area contributed by atoms with E-state index in [1.54, 1.807) is 4.90 Å². The lowest BCUT2D eigenvalue weighted by Gasteiger charge is -2.29. The Bertz CT molecular complexity index is 927. The summed E-state index contributed by atoms with van der Waals surface area (Å²) in [5, 5.41) is 0.579. The average molecular weight is 481 g/mol. The van der Waals surface area contributed by atoms with Gasteiger partial charge in [-0.1, -0.05) is 27.3 Å². The molecule has 2 aromatic rings. The van der Waals surface area contributed by atoms with Gasteiger partial charge in [0, 0.05) is 43.5 Å². The van der Waals surface area contributed by atoms with E-state index in [0.29, 0.717) is 31.4 Å². The van der Waals surface area contributed by atoms with Crippen molar-refractivity contribution in [1.82, 2.24) is 14.8 Å². The molecule has 0 atom stereocenters. The first kappa shape index (κ1) is 20.4. The summed E-state index contributed by atoms with van der Waals surface area (Å²) in [7, 11) is 0. The summed E-state index contributed by atoms with van der Waals surface area (Å²) >= 11 is 4.89. The van der Waals surface area contributed by atoms with Crippen LogP contribution in [-0.2, 0) is 19.1 Å². The number of carbonyl (C=O) groups excluding carboxylic acids is 3. The van der Waals surface area contributed by atoms with Crippen LogP contribution < -0.4 is 4.90 Å². The van der Waals surface area contributed by atoms with Crippen LogP contribution in [0, 0.1) is 0 Å². The summed E-state index contributed by atoms with van der Waals surface area (Å²) < 4.78 is 7.29. The molecule has 1 aromatic heterocycles. The highest BCUT2D eigenvalue weighted by molar-refractivity contribution is 9.10. The summed E-state index contributed by atoms with van der Waals surface area (Å²) in [5.74, 6) is -0.866. The number of rotatable bonds is 6. The Hall–Kier alpha value is -1.88. The molecule has 154 valence electrons. The molecule has 0 N–H and O–H groups in total. The number of morpholine rings is 1. The Kier molecular flexibility index (Phi) is 6.23. The quantitative estimate of drug-likeness (QED) is 0.586. The van der Waals surface area contributed by atoms with Crippen LogP contribution in [-0.4, -0.2) is 78.4 Å². The highest BCUT2D eigenvalue weighted by Gasteiger charge is 2.33. The van der Waals surface area contributed by atoms with Crippen molar-refractivity contribution >= 4 is 60.3 Å². The molecule has 3 amide bonds. The monoisotopic (exact) mass is 480 g/mol. The molecule has 8 nitrogen and oxygen atoms in total. The molecule has 0 bridgehead atoms. The van der Waals surface area contributed by atoms with Crippen molar-refractivity contribution in [2.45, 2.75) is 12.8 Å². The van der Waals surface area contributed by atoms with Gasteiger partial charge in [0.2, 0.25) is 17.7 Å². The second-order valence-electron chi connectivity index (χ2n) is 6.98. The van der Waals surface area contributed by atoms with Gasteiger partial charge >= 0.3 is 0 Å². The van der Waals surface area contributed by atoms with E-state index >= 15 is 0 Å². The second-order valence-corrected chi connectivity index (χ2v) is 8.91. The number of amides is 3. The van der Waals surface area contributed by atoms with Crippen LogP contribution in [0.15, 0.2) is 22.7 Å². The Labute approximate surface area is 180 Å².